The van der Waals surface area contributed by atoms with Gasteiger partial charge in [0.05, 0.1) is 6.61 Å². The zero-order chi connectivity index (χ0) is 32.3. The number of carbonyl (C=O) groups excluding carboxylic acids is 2. The maximum Gasteiger partial charge on any atom is 0.508 e. The van der Waals surface area contributed by atoms with Gasteiger partial charge in [-0.15, -0.1) is 0 Å². The molecular weight excluding hydrogens is 576 g/mol. The van der Waals surface area contributed by atoms with Crippen LogP contribution in [0.3, 0.4) is 0 Å². The van der Waals surface area contributed by atoms with Gasteiger partial charge in [-0.1, -0.05) is 43.8 Å². The highest BCUT2D eigenvalue weighted by atomic mass is 16.8. The summed E-state index contributed by atoms with van der Waals surface area (Å²) in [5.74, 6) is -10.4. The number of aliphatic hydroxyl groups is 2. The number of aliphatic carboxylic acids is 3. The van der Waals surface area contributed by atoms with Crippen molar-refractivity contribution in [3.05, 3.63) is 48.0 Å². The van der Waals surface area contributed by atoms with E-state index in [1.165, 1.54) is 13.8 Å². The topological polar surface area (TPSA) is 233 Å². The Balaban J connectivity index is 2.03. The smallest absolute Gasteiger partial charge is 0.479 e. The Morgan fingerprint density at radius 1 is 1.07 bits per heavy atom. The highest BCUT2D eigenvalue weighted by Crippen LogP contribution is 2.56. The minimum atomic E-state index is -3.91. The van der Waals surface area contributed by atoms with Crippen molar-refractivity contribution in [2.75, 3.05) is 6.61 Å². The second-order valence-electron chi connectivity index (χ2n) is 10.4. The molecule has 0 amide bonds. The summed E-state index contributed by atoms with van der Waals surface area (Å²) in [4.78, 5) is 61.3. The van der Waals surface area contributed by atoms with E-state index in [9.17, 15) is 49.5 Å². The molecule has 15 nitrogen and oxygen atoms in total. The average molecular weight is 611 g/mol. The number of aliphatic hydroxyl groups excluding tert-OH is 1. The summed E-state index contributed by atoms with van der Waals surface area (Å²) < 4.78 is 26.0. The normalized spacial score (nSPS) is 30.9. The van der Waals surface area contributed by atoms with Crippen LogP contribution in [0.15, 0.2) is 42.5 Å². The molecule has 2 saturated heterocycles. The third-order valence-electron chi connectivity index (χ3n) is 7.50. The molecule has 2 unspecified atom stereocenters. The first-order valence-electron chi connectivity index (χ1n) is 13.3. The summed E-state index contributed by atoms with van der Waals surface area (Å²) in [5.41, 5.74) is -6.34. The van der Waals surface area contributed by atoms with Gasteiger partial charge in [-0.05, 0) is 30.9 Å². The fourth-order valence-corrected chi connectivity index (χ4v) is 5.55. The quantitative estimate of drug-likeness (QED) is 0.154. The molecule has 3 rings (SSSR count). The number of ether oxygens (including phenoxy) is 5. The van der Waals surface area contributed by atoms with E-state index in [-0.39, 0.29) is 24.5 Å². The van der Waals surface area contributed by atoms with E-state index in [4.69, 9.17) is 18.9 Å². The summed E-state index contributed by atoms with van der Waals surface area (Å²) in [6.07, 6.45) is -10.6. The minimum absolute atomic E-state index is 0.231. The van der Waals surface area contributed by atoms with Crippen molar-refractivity contribution in [3.63, 3.8) is 0 Å². The van der Waals surface area contributed by atoms with Crippen LogP contribution in [-0.2, 0) is 49.3 Å². The first-order chi connectivity index (χ1) is 20.1. The Hall–Kier alpha value is -4.05. The number of benzene rings is 1. The van der Waals surface area contributed by atoms with Crippen LogP contribution in [-0.4, -0.2) is 104 Å². The van der Waals surface area contributed by atoms with E-state index in [0.717, 1.165) is 5.56 Å². The molecule has 2 fully saturated rings. The first kappa shape index (κ1) is 33.5. The highest BCUT2D eigenvalue weighted by Gasteiger charge is 2.86. The maximum absolute atomic E-state index is 12.7. The fourth-order valence-electron chi connectivity index (χ4n) is 5.55. The van der Waals surface area contributed by atoms with Gasteiger partial charge >= 0.3 is 30.0 Å². The number of carbonyl (C=O) groups is 5. The molecule has 0 spiro atoms. The second kappa shape index (κ2) is 12.7. The van der Waals surface area contributed by atoms with E-state index in [1.807, 2.05) is 30.3 Å². The van der Waals surface area contributed by atoms with Gasteiger partial charge in [-0.2, -0.15) is 0 Å². The Bertz CT molecular complexity index is 1260. The van der Waals surface area contributed by atoms with E-state index in [2.05, 4.69) is 11.3 Å². The molecule has 5 N–H and O–H groups in total. The summed E-state index contributed by atoms with van der Waals surface area (Å²) in [7, 11) is 0. The molecule has 2 aliphatic rings. The van der Waals surface area contributed by atoms with Crippen LogP contribution in [0.25, 0.3) is 0 Å². The van der Waals surface area contributed by atoms with E-state index < -0.39 is 77.9 Å². The Morgan fingerprint density at radius 2 is 1.70 bits per heavy atom. The van der Waals surface area contributed by atoms with Crippen LogP contribution < -0.4 is 0 Å². The molecular formula is C28H34O15. The molecule has 236 valence electrons. The van der Waals surface area contributed by atoms with Crippen molar-refractivity contribution in [1.82, 2.24) is 0 Å². The van der Waals surface area contributed by atoms with Crippen LogP contribution in [0.2, 0.25) is 0 Å². The van der Waals surface area contributed by atoms with Gasteiger partial charge in [0.2, 0.25) is 17.5 Å². The standard InChI is InChI=1S/C28H34O15/c1-5-39-25(37)41-20-19(30)26(42-21(22(31)32)27(38,23(33)34)28(20,43-26)24(35)36)12-11-14(2)18(40-16(4)29)15(3)13-17-9-7-6-8-10-17/h6-10,15,18-21,30,38H,2,5,11-13H2,1,3-4H3,(H,31,32)(H,33,34)(H,35,36)/t15?,18?,19-,20-,21-,26-,27-,28-/m1/s1. The lowest BCUT2D eigenvalue weighted by atomic mass is 9.74. The molecule has 1 aromatic carbocycles. The molecule has 2 bridgehead atoms. The van der Waals surface area contributed by atoms with Crippen LogP contribution in [0.4, 0.5) is 4.79 Å². The Kier molecular flexibility index (Phi) is 9.86. The Morgan fingerprint density at radius 3 is 2.21 bits per heavy atom. The predicted octanol–water partition coefficient (Wildman–Crippen LogP) is 0.885. The molecule has 15 heteroatoms. The summed E-state index contributed by atoms with van der Waals surface area (Å²) >= 11 is 0. The molecule has 2 heterocycles. The summed E-state index contributed by atoms with van der Waals surface area (Å²) in [6, 6.07) is 9.23. The van der Waals surface area contributed by atoms with E-state index in [0.29, 0.717) is 6.42 Å². The van der Waals surface area contributed by atoms with Gasteiger partial charge in [0.25, 0.3) is 5.60 Å². The van der Waals surface area contributed by atoms with Gasteiger partial charge in [0, 0.05) is 19.3 Å². The molecule has 2 aliphatic heterocycles. The fraction of sp³-hybridized carbons (Fsp3) is 0.536. The molecule has 43 heavy (non-hydrogen) atoms. The molecule has 0 radical (unpaired) electrons. The summed E-state index contributed by atoms with van der Waals surface area (Å²) in [5, 5.41) is 52.4. The van der Waals surface area contributed by atoms with Crippen molar-refractivity contribution in [2.45, 2.75) is 81.4 Å². The van der Waals surface area contributed by atoms with Crippen LogP contribution in [0.5, 0.6) is 0 Å². The van der Waals surface area contributed by atoms with Crippen molar-refractivity contribution >= 4 is 30.0 Å². The number of carboxylic acids is 3. The number of rotatable bonds is 13. The van der Waals surface area contributed by atoms with Gasteiger partial charge in [0.15, 0.2) is 6.10 Å². The third-order valence-corrected chi connectivity index (χ3v) is 7.50. The average Bonchev–Trinajstić information content (AvgIpc) is 3.14. The molecule has 0 aliphatic carbocycles. The number of hydrogen-bond donors (Lipinski definition) is 5. The number of hydrogen-bond acceptors (Lipinski definition) is 12. The lowest BCUT2D eigenvalue weighted by Gasteiger charge is -2.48. The van der Waals surface area contributed by atoms with E-state index >= 15 is 0 Å². The summed E-state index contributed by atoms with van der Waals surface area (Å²) in [6.45, 7) is 8.03. The minimum Gasteiger partial charge on any atom is -0.479 e. The lowest BCUT2D eigenvalue weighted by molar-refractivity contribution is -0.374. The van der Waals surface area contributed by atoms with Crippen molar-refractivity contribution in [1.29, 1.82) is 0 Å². The SMILES string of the molecule is C=C(CC[C@@]12O[C@H](C(=O)O)[C@@](O)(C(=O)O)[C@@](C(=O)O)(O1)[C@H](OC(=O)OCC)[C@H]2O)C(OC(C)=O)C(C)Cc1ccccc1. The largest absolute Gasteiger partial charge is 0.508 e. The molecule has 8 atom stereocenters. The van der Waals surface area contributed by atoms with Gasteiger partial charge in [-0.25, -0.2) is 19.2 Å². The van der Waals surface area contributed by atoms with Crippen molar-refractivity contribution in [3.8, 4) is 0 Å². The van der Waals surface area contributed by atoms with Gasteiger partial charge < -0.3 is 49.2 Å². The van der Waals surface area contributed by atoms with E-state index in [1.54, 1.807) is 6.92 Å². The third kappa shape index (κ3) is 5.93. The molecule has 1 aromatic rings. The van der Waals surface area contributed by atoms with Crippen molar-refractivity contribution in [2.24, 2.45) is 5.92 Å². The lowest BCUT2D eigenvalue weighted by Crippen LogP contribution is -2.78. The number of esters is 1. The van der Waals surface area contributed by atoms with Crippen LogP contribution in [0.1, 0.15) is 39.2 Å². The zero-order valence-electron chi connectivity index (χ0n) is 23.6. The van der Waals surface area contributed by atoms with Crippen LogP contribution >= 0.6 is 0 Å². The monoisotopic (exact) mass is 610 g/mol. The second-order valence-corrected chi connectivity index (χ2v) is 10.4. The van der Waals surface area contributed by atoms with Gasteiger partial charge in [0.1, 0.15) is 12.2 Å². The highest BCUT2D eigenvalue weighted by molar-refractivity contribution is 5.98. The molecule has 0 aromatic heterocycles. The van der Waals surface area contributed by atoms with Gasteiger partial charge in [-0.3, -0.25) is 4.79 Å². The predicted molar refractivity (Wildman–Crippen MR) is 140 cm³/mol. The Labute approximate surface area is 245 Å². The van der Waals surface area contributed by atoms with Crippen molar-refractivity contribution < 1.29 is 73.2 Å². The first-order valence-corrected chi connectivity index (χ1v) is 13.3. The maximum atomic E-state index is 12.7. The van der Waals surface area contributed by atoms with Crippen LogP contribution in [0, 0.1) is 5.92 Å². The molecule has 0 saturated carbocycles. The number of fused-ring (bicyclic) bond motifs is 2. The zero-order valence-corrected chi connectivity index (χ0v) is 23.6. The number of carboxylic acid groups (broad SMARTS) is 3.